The first-order chi connectivity index (χ1) is 15.0. The number of carboxylic acid groups (broad SMARTS) is 2. The van der Waals surface area contributed by atoms with Crippen molar-refractivity contribution in [3.63, 3.8) is 0 Å². The lowest BCUT2D eigenvalue weighted by molar-refractivity contribution is -0.146. The molecule has 31 heavy (non-hydrogen) atoms. The molecule has 4 N–H and O–H groups in total. The van der Waals surface area contributed by atoms with Crippen LogP contribution in [0.2, 0.25) is 0 Å². The molecule has 1 aliphatic carbocycles. The Labute approximate surface area is 178 Å². The van der Waals surface area contributed by atoms with Crippen LogP contribution >= 0.6 is 0 Å². The highest BCUT2D eigenvalue weighted by Gasteiger charge is 2.34. The average Bonchev–Trinajstić information content (AvgIpc) is 3.17. The summed E-state index contributed by atoms with van der Waals surface area (Å²) in [4.78, 5) is 41.4. The summed E-state index contributed by atoms with van der Waals surface area (Å²) >= 11 is 0. The second-order valence-corrected chi connectivity index (χ2v) is 7.88. The van der Waals surface area contributed by atoms with E-state index in [1.165, 1.54) is 0 Å². The zero-order valence-electron chi connectivity index (χ0n) is 16.9. The molecule has 0 unspecified atom stereocenters. The van der Waals surface area contributed by atoms with Crippen LogP contribution in [0.25, 0.3) is 10.9 Å². The van der Waals surface area contributed by atoms with Crippen LogP contribution in [0, 0.1) is 11.8 Å². The van der Waals surface area contributed by atoms with Gasteiger partial charge < -0.3 is 25.3 Å². The molecule has 1 aromatic carbocycles. The largest absolute Gasteiger partial charge is 0.481 e. The molecule has 1 aromatic heterocycles. The number of aromatic nitrogens is 1. The number of nitrogens with one attached hydrogen (secondary N) is 2. The van der Waals surface area contributed by atoms with Gasteiger partial charge in [0.25, 0.3) is 0 Å². The lowest BCUT2D eigenvalue weighted by Crippen LogP contribution is -2.42. The third-order valence-electron chi connectivity index (χ3n) is 6.01. The zero-order valence-corrected chi connectivity index (χ0v) is 16.9. The first-order valence-corrected chi connectivity index (χ1v) is 10.3. The number of anilines is 1. The summed E-state index contributed by atoms with van der Waals surface area (Å²) in [5, 5.41) is 22.8. The quantitative estimate of drug-likeness (QED) is 0.520. The topological polar surface area (TPSA) is 132 Å². The van der Waals surface area contributed by atoms with E-state index in [-0.39, 0.29) is 5.91 Å². The number of amides is 1. The second-order valence-electron chi connectivity index (χ2n) is 7.88. The van der Waals surface area contributed by atoms with Crippen molar-refractivity contribution in [1.82, 2.24) is 9.88 Å². The predicted octanol–water partition coefficient (Wildman–Crippen LogP) is 2.23. The number of benzene rings is 1. The van der Waals surface area contributed by atoms with E-state index < -0.39 is 29.8 Å². The van der Waals surface area contributed by atoms with E-state index in [0.29, 0.717) is 55.8 Å². The van der Waals surface area contributed by atoms with E-state index in [1.54, 1.807) is 30.5 Å². The molecule has 1 amide bonds. The van der Waals surface area contributed by atoms with Gasteiger partial charge in [-0.3, -0.25) is 19.3 Å². The minimum atomic E-state index is -0.984. The number of aromatic amines is 1. The lowest BCUT2D eigenvalue weighted by Gasteiger charge is -2.31. The maximum absolute atomic E-state index is 12.8. The summed E-state index contributed by atoms with van der Waals surface area (Å²) in [5.41, 5.74) is 1.88. The van der Waals surface area contributed by atoms with Crippen molar-refractivity contribution >= 4 is 34.4 Å². The minimum Gasteiger partial charge on any atom is -0.481 e. The maximum Gasteiger partial charge on any atom is 0.325 e. The SMILES string of the molecule is O=C(O)[C@@H]1CC=CC[C@H]1C(=O)Nc1ccc2[nH]cc([C@H](C(=O)O)N3CCOCC3)c2c1. The molecular weight excluding hydrogens is 402 g/mol. The van der Waals surface area contributed by atoms with Crippen molar-refractivity contribution in [2.45, 2.75) is 18.9 Å². The van der Waals surface area contributed by atoms with Crippen molar-refractivity contribution in [3.8, 4) is 0 Å². The Hall–Kier alpha value is -3.17. The van der Waals surface area contributed by atoms with Crippen LogP contribution < -0.4 is 5.32 Å². The number of allylic oxidation sites excluding steroid dienone is 2. The highest BCUT2D eigenvalue weighted by Crippen LogP contribution is 2.32. The average molecular weight is 427 g/mol. The molecule has 2 heterocycles. The zero-order chi connectivity index (χ0) is 22.0. The highest BCUT2D eigenvalue weighted by molar-refractivity contribution is 5.98. The second kappa shape index (κ2) is 8.91. The fraction of sp³-hybridized carbons (Fsp3) is 0.409. The Bertz CT molecular complexity index is 1020. The van der Waals surface area contributed by atoms with Crippen LogP contribution in [-0.4, -0.2) is 64.2 Å². The molecule has 0 spiro atoms. The van der Waals surface area contributed by atoms with Gasteiger partial charge in [0, 0.05) is 41.4 Å². The van der Waals surface area contributed by atoms with Gasteiger partial charge in [-0.05, 0) is 31.0 Å². The molecule has 0 radical (unpaired) electrons. The molecule has 1 fully saturated rings. The molecule has 9 heteroatoms. The first kappa shape index (κ1) is 21.1. The summed E-state index contributed by atoms with van der Waals surface area (Å²) in [5.74, 6) is -3.69. The summed E-state index contributed by atoms with van der Waals surface area (Å²) in [6.07, 6.45) is 6.01. The standard InChI is InChI=1S/C22H25N3O6/c26-20(14-3-1-2-4-15(14)21(27)28)24-13-5-6-18-16(11-13)17(12-23-18)19(22(29)30)25-7-9-31-10-8-25/h1-2,5-6,11-12,14-15,19,23H,3-4,7-10H2,(H,24,26)(H,27,28)(H,29,30)/t14-,15-,19-/m1/s1. The molecule has 0 saturated carbocycles. The van der Waals surface area contributed by atoms with Gasteiger partial charge in [-0.15, -0.1) is 0 Å². The Kier molecular flexibility index (Phi) is 6.06. The fourth-order valence-corrected chi connectivity index (χ4v) is 4.38. The number of aliphatic carboxylic acids is 2. The number of carbonyl (C=O) groups excluding carboxylic acids is 1. The fourth-order valence-electron chi connectivity index (χ4n) is 4.38. The molecule has 3 atom stereocenters. The molecule has 164 valence electrons. The van der Waals surface area contributed by atoms with Crippen LogP contribution in [0.4, 0.5) is 5.69 Å². The van der Waals surface area contributed by atoms with Crippen molar-refractivity contribution in [2.24, 2.45) is 11.8 Å². The number of rotatable bonds is 6. The highest BCUT2D eigenvalue weighted by atomic mass is 16.5. The molecule has 1 aliphatic heterocycles. The lowest BCUT2D eigenvalue weighted by atomic mass is 9.82. The molecule has 2 aliphatic rings. The Balaban J connectivity index is 1.60. The molecule has 0 bridgehead atoms. The number of hydrogen-bond donors (Lipinski definition) is 4. The number of carbonyl (C=O) groups is 3. The van der Waals surface area contributed by atoms with Crippen LogP contribution in [0.5, 0.6) is 0 Å². The van der Waals surface area contributed by atoms with Crippen molar-refractivity contribution in [2.75, 3.05) is 31.6 Å². The van der Waals surface area contributed by atoms with Gasteiger partial charge in [0.15, 0.2) is 0 Å². The molecular formula is C22H25N3O6. The summed E-state index contributed by atoms with van der Waals surface area (Å²) in [6.45, 7) is 2.00. The predicted molar refractivity (Wildman–Crippen MR) is 113 cm³/mol. The summed E-state index contributed by atoms with van der Waals surface area (Å²) < 4.78 is 5.34. The van der Waals surface area contributed by atoms with Crippen LogP contribution in [0.1, 0.15) is 24.4 Å². The molecule has 9 nitrogen and oxygen atoms in total. The van der Waals surface area contributed by atoms with Crippen molar-refractivity contribution < 1.29 is 29.3 Å². The normalized spacial score (nSPS) is 22.8. The van der Waals surface area contributed by atoms with E-state index in [9.17, 15) is 24.6 Å². The molecule has 2 aromatic rings. The van der Waals surface area contributed by atoms with Crippen molar-refractivity contribution in [3.05, 3.63) is 42.1 Å². The van der Waals surface area contributed by atoms with E-state index >= 15 is 0 Å². The van der Waals surface area contributed by atoms with E-state index in [2.05, 4.69) is 10.3 Å². The third-order valence-corrected chi connectivity index (χ3v) is 6.01. The van der Waals surface area contributed by atoms with Gasteiger partial charge >= 0.3 is 11.9 Å². The van der Waals surface area contributed by atoms with Crippen LogP contribution in [-0.2, 0) is 19.1 Å². The number of ether oxygens (including phenoxy) is 1. The first-order valence-electron chi connectivity index (χ1n) is 10.3. The smallest absolute Gasteiger partial charge is 0.325 e. The Morgan fingerprint density at radius 3 is 2.48 bits per heavy atom. The van der Waals surface area contributed by atoms with Gasteiger partial charge in [0.05, 0.1) is 25.0 Å². The molecule has 1 saturated heterocycles. The molecule has 4 rings (SSSR count). The monoisotopic (exact) mass is 427 g/mol. The van der Waals surface area contributed by atoms with Gasteiger partial charge in [-0.1, -0.05) is 12.2 Å². The third kappa shape index (κ3) is 4.33. The minimum absolute atomic E-state index is 0.328. The van der Waals surface area contributed by atoms with Gasteiger partial charge in [-0.2, -0.15) is 0 Å². The van der Waals surface area contributed by atoms with Crippen molar-refractivity contribution in [1.29, 1.82) is 0 Å². The number of nitrogens with zero attached hydrogens (tertiary/aromatic N) is 1. The maximum atomic E-state index is 12.8. The number of H-pyrrole nitrogens is 1. The van der Waals surface area contributed by atoms with E-state index in [0.717, 1.165) is 5.52 Å². The van der Waals surface area contributed by atoms with Gasteiger partial charge in [0.1, 0.15) is 6.04 Å². The summed E-state index contributed by atoms with van der Waals surface area (Å²) in [6, 6.07) is 4.41. The summed E-state index contributed by atoms with van der Waals surface area (Å²) in [7, 11) is 0. The van der Waals surface area contributed by atoms with Crippen LogP contribution in [0.15, 0.2) is 36.5 Å². The van der Waals surface area contributed by atoms with Gasteiger partial charge in [-0.25, -0.2) is 0 Å². The van der Waals surface area contributed by atoms with Crippen LogP contribution in [0.3, 0.4) is 0 Å². The number of hydrogen-bond acceptors (Lipinski definition) is 5. The van der Waals surface area contributed by atoms with Gasteiger partial charge in [0.2, 0.25) is 5.91 Å². The number of carboxylic acids is 2. The number of fused-ring (bicyclic) bond motifs is 1. The van der Waals surface area contributed by atoms with E-state index in [4.69, 9.17) is 4.74 Å². The Morgan fingerprint density at radius 2 is 1.81 bits per heavy atom. The Morgan fingerprint density at radius 1 is 1.10 bits per heavy atom. The van der Waals surface area contributed by atoms with E-state index in [1.807, 2.05) is 11.0 Å². The number of morpholine rings is 1.